The van der Waals surface area contributed by atoms with Crippen molar-refractivity contribution < 1.29 is 24.2 Å². The monoisotopic (exact) mass is 531 g/mol. The Hall–Kier alpha value is -3.86. The lowest BCUT2D eigenvalue weighted by Crippen LogP contribution is -2.58. The van der Waals surface area contributed by atoms with Crippen LogP contribution in [-0.4, -0.2) is 83.9 Å². The topological polar surface area (TPSA) is 117 Å². The number of ether oxygens (including phenoxy) is 2. The van der Waals surface area contributed by atoms with Crippen LogP contribution in [0.25, 0.3) is 0 Å². The molecule has 2 aromatic carbocycles. The zero-order valence-electron chi connectivity index (χ0n) is 22.2. The average molecular weight is 532 g/mol. The Kier molecular flexibility index (Phi) is 7.87. The first-order valence-electron chi connectivity index (χ1n) is 13.1. The summed E-state index contributed by atoms with van der Waals surface area (Å²) in [5.74, 6) is -1.36. The molecule has 1 saturated heterocycles. The summed E-state index contributed by atoms with van der Waals surface area (Å²) in [7, 11) is 0. The second-order valence-electron chi connectivity index (χ2n) is 9.81. The van der Waals surface area contributed by atoms with Gasteiger partial charge in [-0.1, -0.05) is 48.5 Å². The molecule has 1 fully saturated rings. The van der Waals surface area contributed by atoms with Crippen molar-refractivity contribution in [3.8, 4) is 6.01 Å². The molecule has 39 heavy (non-hydrogen) atoms. The molecule has 10 heteroatoms. The number of carboxylic acids is 1. The number of aliphatic carboxylic acids is 1. The van der Waals surface area contributed by atoms with E-state index in [9.17, 15) is 14.7 Å². The van der Waals surface area contributed by atoms with Gasteiger partial charge in [0.15, 0.2) is 0 Å². The molecule has 204 valence electrons. The number of carbonyl (C=O) groups is 2. The van der Waals surface area contributed by atoms with E-state index in [0.29, 0.717) is 54.5 Å². The first-order chi connectivity index (χ1) is 18.9. The normalized spacial score (nSPS) is 20.7. The summed E-state index contributed by atoms with van der Waals surface area (Å²) in [4.78, 5) is 39.4. The van der Waals surface area contributed by atoms with Crippen LogP contribution in [0.5, 0.6) is 6.01 Å². The van der Waals surface area contributed by atoms with E-state index in [4.69, 9.17) is 9.47 Å². The fourth-order valence-corrected chi connectivity index (χ4v) is 5.41. The zero-order chi connectivity index (χ0) is 27.4. The Morgan fingerprint density at radius 1 is 1.05 bits per heavy atom. The Labute approximate surface area is 227 Å². The highest BCUT2D eigenvalue weighted by atomic mass is 16.5. The minimum Gasteiger partial charge on any atom is -0.478 e. The number of hydrogen-bond donors (Lipinski definition) is 2. The minimum atomic E-state index is -1.49. The third-order valence-corrected chi connectivity index (χ3v) is 7.21. The second kappa shape index (κ2) is 11.5. The van der Waals surface area contributed by atoms with Crippen molar-refractivity contribution in [1.29, 1.82) is 0 Å². The van der Waals surface area contributed by atoms with E-state index in [1.165, 1.54) is 0 Å². The van der Waals surface area contributed by atoms with Crippen LogP contribution in [-0.2, 0) is 19.9 Å². The van der Waals surface area contributed by atoms with Gasteiger partial charge in [0.25, 0.3) is 0 Å². The predicted molar refractivity (Wildman–Crippen MR) is 145 cm³/mol. The lowest BCUT2D eigenvalue weighted by Gasteiger charge is -2.39. The maximum absolute atomic E-state index is 13.6. The van der Waals surface area contributed by atoms with Crippen LogP contribution in [0.15, 0.2) is 60.7 Å². The molecule has 2 aliphatic heterocycles. The number of morpholine rings is 1. The number of aryl methyl sites for hydroxylation is 2. The van der Waals surface area contributed by atoms with E-state index in [-0.39, 0.29) is 18.5 Å². The number of anilines is 1. The molecule has 1 aromatic heterocycles. The summed E-state index contributed by atoms with van der Waals surface area (Å²) in [6, 6.07) is 18.4. The lowest BCUT2D eigenvalue weighted by molar-refractivity contribution is -0.149. The molecule has 0 radical (unpaired) electrons. The summed E-state index contributed by atoms with van der Waals surface area (Å²) in [6.45, 7) is 7.60. The number of para-hydroxylation sites is 1. The van der Waals surface area contributed by atoms with Crippen LogP contribution in [0.3, 0.4) is 0 Å². The lowest BCUT2D eigenvalue weighted by atomic mass is 9.77. The van der Waals surface area contributed by atoms with Gasteiger partial charge in [0, 0.05) is 48.8 Å². The van der Waals surface area contributed by atoms with Gasteiger partial charge in [0.2, 0.25) is 12.0 Å². The molecule has 2 aliphatic rings. The number of carbonyl (C=O) groups excluding carboxylic acids is 1. The molecule has 0 bridgehead atoms. The molecule has 0 spiro atoms. The van der Waals surface area contributed by atoms with Gasteiger partial charge in [-0.3, -0.25) is 15.0 Å². The molecule has 5 rings (SSSR count). The molecule has 2 N–H and O–H groups in total. The van der Waals surface area contributed by atoms with Gasteiger partial charge in [0.1, 0.15) is 5.54 Å². The van der Waals surface area contributed by atoms with E-state index < -0.39 is 17.6 Å². The van der Waals surface area contributed by atoms with Crippen LogP contribution in [0.1, 0.15) is 22.5 Å². The Morgan fingerprint density at radius 3 is 2.41 bits per heavy atom. The number of rotatable bonds is 8. The maximum atomic E-state index is 13.6. The van der Waals surface area contributed by atoms with Crippen LogP contribution in [0.2, 0.25) is 0 Å². The first kappa shape index (κ1) is 26.7. The van der Waals surface area contributed by atoms with E-state index >= 15 is 0 Å². The molecular formula is C29H33N5O5. The first-order valence-corrected chi connectivity index (χ1v) is 13.1. The highest BCUT2D eigenvalue weighted by molar-refractivity contribution is 5.97. The Morgan fingerprint density at radius 2 is 1.72 bits per heavy atom. The Balaban J connectivity index is 1.63. The van der Waals surface area contributed by atoms with Crippen molar-refractivity contribution in [3.05, 3.63) is 83.2 Å². The van der Waals surface area contributed by atoms with E-state index in [2.05, 4.69) is 20.2 Å². The molecule has 0 aliphatic carbocycles. The number of carboxylic acid groups (broad SMARTS) is 1. The smallest absolute Gasteiger partial charge is 0.347 e. The summed E-state index contributed by atoms with van der Waals surface area (Å²) in [6.07, 6.45) is -1.49. The number of amides is 1. The van der Waals surface area contributed by atoms with Gasteiger partial charge in [-0.25, -0.2) is 14.8 Å². The number of aromatic nitrogens is 2. The standard InChI is InChI=1S/C29H33N5O5/c1-20-18-21(2)32-28(31-20)39-26(27(36)37)29(22-8-4-3-5-9-22)23-10-6-7-11-24(23)34(25(35)19-30-29)13-12-33-14-16-38-17-15-33/h3-11,18,26,30H,12-17,19H2,1-2H3,(H,36,37)/t26-,29+/m1/s1. The summed E-state index contributed by atoms with van der Waals surface area (Å²) >= 11 is 0. The molecular weight excluding hydrogens is 498 g/mol. The predicted octanol–water partition coefficient (Wildman–Crippen LogP) is 2.14. The molecule has 2 atom stereocenters. The molecule has 1 amide bonds. The number of nitrogens with one attached hydrogen (secondary N) is 1. The average Bonchev–Trinajstić information content (AvgIpc) is 3.05. The SMILES string of the molecule is Cc1cc(C)nc(O[C@H](C(=O)O)[C@@]2(c3ccccc3)NCC(=O)N(CCN3CCOCC3)c3ccccc32)n1. The fraction of sp³-hybridized carbons (Fsp3) is 0.379. The third kappa shape index (κ3) is 5.49. The van der Waals surface area contributed by atoms with Gasteiger partial charge < -0.3 is 19.5 Å². The molecule has 0 saturated carbocycles. The number of hydrogen-bond acceptors (Lipinski definition) is 8. The minimum absolute atomic E-state index is 0.0331. The van der Waals surface area contributed by atoms with Gasteiger partial charge in [-0.05, 0) is 31.5 Å². The summed E-state index contributed by atoms with van der Waals surface area (Å²) in [5.41, 5.74) is 1.82. The molecule has 3 heterocycles. The largest absolute Gasteiger partial charge is 0.478 e. The Bertz CT molecular complexity index is 1310. The second-order valence-corrected chi connectivity index (χ2v) is 9.81. The van der Waals surface area contributed by atoms with E-state index in [1.807, 2.05) is 54.6 Å². The van der Waals surface area contributed by atoms with Gasteiger partial charge >= 0.3 is 12.0 Å². The zero-order valence-corrected chi connectivity index (χ0v) is 22.2. The third-order valence-electron chi connectivity index (χ3n) is 7.21. The summed E-state index contributed by atoms with van der Waals surface area (Å²) in [5, 5.41) is 14.0. The van der Waals surface area contributed by atoms with Crippen LogP contribution in [0, 0.1) is 13.8 Å². The maximum Gasteiger partial charge on any atom is 0.347 e. The van der Waals surface area contributed by atoms with Crippen LogP contribution in [0.4, 0.5) is 5.69 Å². The van der Waals surface area contributed by atoms with Crippen molar-refractivity contribution >= 4 is 17.6 Å². The van der Waals surface area contributed by atoms with E-state index in [1.54, 1.807) is 24.8 Å². The molecule has 10 nitrogen and oxygen atoms in total. The highest BCUT2D eigenvalue weighted by Crippen LogP contribution is 2.42. The van der Waals surface area contributed by atoms with Gasteiger partial charge in [0.05, 0.1) is 19.8 Å². The fourth-order valence-electron chi connectivity index (χ4n) is 5.41. The van der Waals surface area contributed by atoms with Crippen LogP contribution >= 0.6 is 0 Å². The summed E-state index contributed by atoms with van der Waals surface area (Å²) < 4.78 is 11.6. The van der Waals surface area contributed by atoms with Gasteiger partial charge in [-0.15, -0.1) is 0 Å². The number of benzene rings is 2. The van der Waals surface area contributed by atoms with Gasteiger partial charge in [-0.2, -0.15) is 0 Å². The van der Waals surface area contributed by atoms with Crippen molar-refractivity contribution in [2.75, 3.05) is 50.8 Å². The van der Waals surface area contributed by atoms with Crippen molar-refractivity contribution in [2.45, 2.75) is 25.5 Å². The number of fused-ring (bicyclic) bond motifs is 1. The van der Waals surface area contributed by atoms with Crippen molar-refractivity contribution in [3.63, 3.8) is 0 Å². The van der Waals surface area contributed by atoms with Crippen LogP contribution < -0.4 is 15.0 Å². The van der Waals surface area contributed by atoms with E-state index in [0.717, 1.165) is 13.1 Å². The quantitative estimate of drug-likeness (QED) is 0.451. The van der Waals surface area contributed by atoms with Crippen molar-refractivity contribution in [1.82, 2.24) is 20.2 Å². The number of nitrogens with zero attached hydrogens (tertiary/aromatic N) is 4. The molecule has 3 aromatic rings. The highest BCUT2D eigenvalue weighted by Gasteiger charge is 2.52. The van der Waals surface area contributed by atoms with Crippen molar-refractivity contribution in [2.24, 2.45) is 0 Å². The molecule has 0 unspecified atom stereocenters.